The van der Waals surface area contributed by atoms with Crippen molar-refractivity contribution in [1.29, 1.82) is 0 Å². The molecule has 0 aliphatic carbocycles. The van der Waals surface area contributed by atoms with E-state index in [1.54, 1.807) is 6.07 Å². The average molecular weight is 219 g/mol. The molecule has 1 aromatic rings. The molecule has 0 radical (unpaired) electrons. The lowest BCUT2D eigenvalue weighted by Crippen LogP contribution is -2.23. The zero-order valence-electron chi connectivity index (χ0n) is 8.75. The summed E-state index contributed by atoms with van der Waals surface area (Å²) < 4.78 is 0. The maximum Gasteiger partial charge on any atom is 0.238 e. The van der Waals surface area contributed by atoms with Crippen LogP contribution in [0.4, 0.5) is 11.4 Å². The van der Waals surface area contributed by atoms with Crippen LogP contribution in [0.2, 0.25) is 0 Å². The molecule has 0 spiro atoms. The Hall–Kier alpha value is -1.88. The zero-order valence-corrected chi connectivity index (χ0v) is 8.75. The summed E-state index contributed by atoms with van der Waals surface area (Å²) in [6, 6.07) is 5.46. The van der Waals surface area contributed by atoms with Crippen molar-refractivity contribution in [2.24, 2.45) is 5.73 Å². The van der Waals surface area contributed by atoms with E-state index in [2.05, 4.69) is 10.6 Å². The third kappa shape index (κ3) is 2.20. The van der Waals surface area contributed by atoms with E-state index in [1.165, 1.54) is 0 Å². The number of rotatable bonds is 2. The molecule has 0 saturated heterocycles. The van der Waals surface area contributed by atoms with Gasteiger partial charge in [-0.1, -0.05) is 6.07 Å². The molecule has 0 fully saturated rings. The molecule has 0 unspecified atom stereocenters. The van der Waals surface area contributed by atoms with E-state index in [0.717, 1.165) is 17.7 Å². The van der Waals surface area contributed by atoms with E-state index in [4.69, 9.17) is 5.73 Å². The lowest BCUT2D eigenvalue weighted by Gasteiger charge is -2.17. The molecule has 5 heteroatoms. The Labute approximate surface area is 93.0 Å². The van der Waals surface area contributed by atoms with Crippen molar-refractivity contribution in [2.75, 3.05) is 17.2 Å². The number of nitrogens with two attached hydrogens (primary N) is 1. The molecule has 0 bridgehead atoms. The quantitative estimate of drug-likeness (QED) is 0.676. The number of anilines is 2. The van der Waals surface area contributed by atoms with Crippen LogP contribution >= 0.6 is 0 Å². The Balaban J connectivity index is 2.21. The zero-order chi connectivity index (χ0) is 11.5. The molecule has 1 heterocycles. The highest BCUT2D eigenvalue weighted by atomic mass is 16.2. The minimum absolute atomic E-state index is 0.00908. The van der Waals surface area contributed by atoms with Gasteiger partial charge < -0.3 is 16.4 Å². The molecule has 0 saturated carbocycles. The standard InChI is InChI=1S/C11H13N3O2/c12-6-11(16)13-8-3-1-7-2-4-10(15)14-9(7)5-8/h1,3,5H,2,4,6,12H2,(H,13,16)(H,14,15). The van der Waals surface area contributed by atoms with Gasteiger partial charge in [-0.05, 0) is 24.1 Å². The summed E-state index contributed by atoms with van der Waals surface area (Å²) in [5, 5.41) is 5.41. The number of hydrogen-bond donors (Lipinski definition) is 3. The fraction of sp³-hybridized carbons (Fsp3) is 0.273. The number of nitrogens with one attached hydrogen (secondary N) is 2. The SMILES string of the molecule is NCC(=O)Nc1ccc2c(c1)NC(=O)CC2. The molecule has 4 N–H and O–H groups in total. The van der Waals surface area contributed by atoms with Crippen molar-refractivity contribution in [1.82, 2.24) is 0 Å². The minimum Gasteiger partial charge on any atom is -0.326 e. The number of aryl methyl sites for hydroxylation is 1. The van der Waals surface area contributed by atoms with Gasteiger partial charge in [0.05, 0.1) is 6.54 Å². The molecule has 1 aliphatic heterocycles. The number of amides is 2. The number of benzene rings is 1. The van der Waals surface area contributed by atoms with Crippen molar-refractivity contribution >= 4 is 23.2 Å². The molecule has 16 heavy (non-hydrogen) atoms. The lowest BCUT2D eigenvalue weighted by atomic mass is 10.0. The second kappa shape index (κ2) is 4.32. The Morgan fingerprint density at radius 1 is 1.44 bits per heavy atom. The van der Waals surface area contributed by atoms with E-state index in [-0.39, 0.29) is 18.4 Å². The number of hydrogen-bond acceptors (Lipinski definition) is 3. The van der Waals surface area contributed by atoms with Crippen LogP contribution in [-0.4, -0.2) is 18.4 Å². The van der Waals surface area contributed by atoms with Crippen LogP contribution in [0.1, 0.15) is 12.0 Å². The van der Waals surface area contributed by atoms with Crippen LogP contribution in [0.25, 0.3) is 0 Å². The van der Waals surface area contributed by atoms with Crippen molar-refractivity contribution in [2.45, 2.75) is 12.8 Å². The third-order valence-corrected chi connectivity index (χ3v) is 2.47. The van der Waals surface area contributed by atoms with Gasteiger partial charge in [-0.15, -0.1) is 0 Å². The maximum atomic E-state index is 11.2. The fourth-order valence-electron chi connectivity index (χ4n) is 1.66. The second-order valence-corrected chi connectivity index (χ2v) is 3.67. The monoisotopic (exact) mass is 219 g/mol. The summed E-state index contributed by atoms with van der Waals surface area (Å²) >= 11 is 0. The van der Waals surface area contributed by atoms with Crippen LogP contribution in [0.15, 0.2) is 18.2 Å². The van der Waals surface area contributed by atoms with Crippen LogP contribution in [0, 0.1) is 0 Å². The lowest BCUT2D eigenvalue weighted by molar-refractivity contribution is -0.116. The van der Waals surface area contributed by atoms with Gasteiger partial charge in [0.15, 0.2) is 0 Å². The van der Waals surface area contributed by atoms with Gasteiger partial charge in [0.2, 0.25) is 11.8 Å². The molecule has 1 aliphatic rings. The van der Waals surface area contributed by atoms with Gasteiger partial charge in [-0.25, -0.2) is 0 Å². The smallest absolute Gasteiger partial charge is 0.238 e. The average Bonchev–Trinajstić information content (AvgIpc) is 2.28. The third-order valence-electron chi connectivity index (χ3n) is 2.47. The fourth-order valence-corrected chi connectivity index (χ4v) is 1.66. The molecular formula is C11H13N3O2. The maximum absolute atomic E-state index is 11.2. The first-order valence-electron chi connectivity index (χ1n) is 5.12. The first-order valence-corrected chi connectivity index (χ1v) is 5.12. The van der Waals surface area contributed by atoms with Gasteiger partial charge in [-0.3, -0.25) is 9.59 Å². The van der Waals surface area contributed by atoms with Crippen LogP contribution < -0.4 is 16.4 Å². The predicted octanol–water partition coefficient (Wildman–Crippen LogP) is 0.468. The highest BCUT2D eigenvalue weighted by molar-refractivity contribution is 5.96. The molecule has 0 atom stereocenters. The normalized spacial score (nSPS) is 13.9. The topological polar surface area (TPSA) is 84.2 Å². The number of carbonyl (C=O) groups excluding carboxylic acids is 2. The van der Waals surface area contributed by atoms with Crippen LogP contribution in [0.3, 0.4) is 0 Å². The summed E-state index contributed by atoms with van der Waals surface area (Å²) in [6.45, 7) is -0.0521. The van der Waals surface area contributed by atoms with Crippen LogP contribution in [-0.2, 0) is 16.0 Å². The molecular weight excluding hydrogens is 206 g/mol. The van der Waals surface area contributed by atoms with Gasteiger partial charge in [-0.2, -0.15) is 0 Å². The van der Waals surface area contributed by atoms with Crippen molar-refractivity contribution in [3.63, 3.8) is 0 Å². The summed E-state index contributed by atoms with van der Waals surface area (Å²) in [4.78, 5) is 22.3. The molecule has 0 aromatic heterocycles. The van der Waals surface area contributed by atoms with E-state index in [1.807, 2.05) is 12.1 Å². The Morgan fingerprint density at radius 3 is 3.00 bits per heavy atom. The van der Waals surface area contributed by atoms with Crippen molar-refractivity contribution in [3.8, 4) is 0 Å². The molecule has 1 aromatic carbocycles. The van der Waals surface area contributed by atoms with E-state index in [9.17, 15) is 9.59 Å². The highest BCUT2D eigenvalue weighted by Gasteiger charge is 2.14. The summed E-state index contributed by atoms with van der Waals surface area (Å²) in [5.74, 6) is -0.239. The highest BCUT2D eigenvalue weighted by Crippen LogP contribution is 2.25. The summed E-state index contributed by atoms with van der Waals surface area (Å²) in [7, 11) is 0. The van der Waals surface area contributed by atoms with Gasteiger partial charge in [0, 0.05) is 17.8 Å². The van der Waals surface area contributed by atoms with E-state index in [0.29, 0.717) is 12.1 Å². The molecule has 84 valence electrons. The first kappa shape index (κ1) is 10.6. The van der Waals surface area contributed by atoms with Gasteiger partial charge in [0.25, 0.3) is 0 Å². The molecule has 2 rings (SSSR count). The van der Waals surface area contributed by atoms with Gasteiger partial charge in [0.1, 0.15) is 0 Å². The number of fused-ring (bicyclic) bond motifs is 1. The number of carbonyl (C=O) groups is 2. The molecule has 2 amide bonds. The van der Waals surface area contributed by atoms with Crippen molar-refractivity contribution < 1.29 is 9.59 Å². The Morgan fingerprint density at radius 2 is 2.25 bits per heavy atom. The van der Waals surface area contributed by atoms with Crippen molar-refractivity contribution in [3.05, 3.63) is 23.8 Å². The second-order valence-electron chi connectivity index (χ2n) is 3.67. The van der Waals surface area contributed by atoms with Crippen LogP contribution in [0.5, 0.6) is 0 Å². The minimum atomic E-state index is -0.248. The largest absolute Gasteiger partial charge is 0.326 e. The first-order chi connectivity index (χ1) is 7.69. The van der Waals surface area contributed by atoms with E-state index >= 15 is 0 Å². The summed E-state index contributed by atoms with van der Waals surface area (Å²) in [5.41, 5.74) is 7.71. The Bertz CT molecular complexity index is 443. The molecule has 5 nitrogen and oxygen atoms in total. The van der Waals surface area contributed by atoms with E-state index < -0.39 is 0 Å². The Kier molecular flexibility index (Phi) is 2.87. The van der Waals surface area contributed by atoms with Gasteiger partial charge >= 0.3 is 0 Å². The predicted molar refractivity (Wildman–Crippen MR) is 61.1 cm³/mol. The summed E-state index contributed by atoms with van der Waals surface area (Å²) in [6.07, 6.45) is 1.26.